The van der Waals surface area contributed by atoms with Crippen LogP contribution in [0.15, 0.2) is 93.5 Å². The molecule has 0 N–H and O–H groups in total. The fraction of sp³-hybridized carbons (Fsp3) is 0.333. The van der Waals surface area contributed by atoms with E-state index in [9.17, 15) is 26.0 Å². The molecule has 0 heterocycles. The van der Waals surface area contributed by atoms with Gasteiger partial charge in [-0.25, -0.2) is 8.78 Å². The van der Waals surface area contributed by atoms with Crippen LogP contribution in [0.25, 0.3) is 0 Å². The lowest BCUT2D eigenvalue weighted by Crippen LogP contribution is -2.39. The molecule has 4 unspecified atom stereocenters. The summed E-state index contributed by atoms with van der Waals surface area (Å²) in [6.45, 7) is 0. The zero-order chi connectivity index (χ0) is 25.5. The monoisotopic (exact) mass is 537 g/mol. The quantitative estimate of drug-likeness (QED) is 0.173. The first kappa shape index (κ1) is 25.1. The summed E-state index contributed by atoms with van der Waals surface area (Å²) in [7, 11) is -6.87. The van der Waals surface area contributed by atoms with Gasteiger partial charge >= 0.3 is 21.8 Å². The van der Waals surface area contributed by atoms with Crippen molar-refractivity contribution in [3.8, 4) is 5.75 Å². The van der Waals surface area contributed by atoms with Crippen molar-refractivity contribution in [1.29, 1.82) is 0 Å². The normalized spacial score (nSPS) is 22.6. The maximum atomic E-state index is 13.8. The molecule has 0 aliphatic heterocycles. The molecule has 36 heavy (non-hydrogen) atoms. The molecular formula is C27H25F4O3S2+. The molecule has 4 atom stereocenters. The summed E-state index contributed by atoms with van der Waals surface area (Å²) in [5.74, 6) is 1.65. The van der Waals surface area contributed by atoms with Crippen LogP contribution in [-0.4, -0.2) is 20.1 Å². The Bertz CT molecular complexity index is 1310. The molecule has 2 saturated carbocycles. The van der Waals surface area contributed by atoms with E-state index in [2.05, 4.69) is 16.3 Å². The van der Waals surface area contributed by atoms with Crippen LogP contribution in [0.1, 0.15) is 37.2 Å². The molecule has 0 amide bonds. The van der Waals surface area contributed by atoms with E-state index < -0.39 is 38.4 Å². The van der Waals surface area contributed by atoms with E-state index in [0.717, 1.165) is 15.7 Å². The second kappa shape index (κ2) is 9.74. The number of hydrogen-bond donors (Lipinski definition) is 0. The number of alkyl halides is 4. The lowest BCUT2D eigenvalue weighted by molar-refractivity contribution is -0.0680. The second-order valence-electron chi connectivity index (χ2n) is 9.32. The third-order valence-corrected chi connectivity index (χ3v) is 10.6. The maximum Gasteiger partial charge on any atom is 0.439 e. The van der Waals surface area contributed by atoms with Crippen molar-refractivity contribution in [2.24, 2.45) is 11.8 Å². The van der Waals surface area contributed by atoms with Gasteiger partial charge in [-0.2, -0.15) is 17.2 Å². The standard InChI is InChI=1S/C27H25F4O3S2/c28-26(29)27(30,31)36(32,33)34-24-8-4-5-9-25(24)35(21-6-2-1-3-7-21)22-14-12-19(13-15-22)23-17-18-10-11-20(23)16-18/h1-9,12-15,18,20,23,26H,10-11,16-17H2/q+1. The van der Waals surface area contributed by atoms with Crippen LogP contribution in [0, 0.1) is 11.8 Å². The van der Waals surface area contributed by atoms with Gasteiger partial charge in [-0.1, -0.05) is 48.9 Å². The number of para-hydroxylation sites is 1. The Morgan fingerprint density at radius 1 is 0.833 bits per heavy atom. The molecule has 0 spiro atoms. The minimum absolute atomic E-state index is 0.310. The first-order valence-corrected chi connectivity index (χ1v) is 14.4. The van der Waals surface area contributed by atoms with Crippen molar-refractivity contribution in [2.75, 3.05) is 0 Å². The summed E-state index contributed by atoms with van der Waals surface area (Å²) in [5, 5.41) is -5.34. The van der Waals surface area contributed by atoms with E-state index in [0.29, 0.717) is 16.7 Å². The lowest BCUT2D eigenvalue weighted by Gasteiger charge is -2.22. The van der Waals surface area contributed by atoms with Gasteiger partial charge in [0.15, 0.2) is 15.5 Å². The maximum absolute atomic E-state index is 13.8. The third-order valence-electron chi connectivity index (χ3n) is 7.12. The zero-order valence-electron chi connectivity index (χ0n) is 19.2. The van der Waals surface area contributed by atoms with Crippen LogP contribution in [0.2, 0.25) is 0 Å². The highest BCUT2D eigenvalue weighted by atomic mass is 32.2. The number of hydrogen-bond acceptors (Lipinski definition) is 3. The van der Waals surface area contributed by atoms with E-state index in [4.69, 9.17) is 0 Å². The molecule has 2 aliphatic rings. The summed E-state index contributed by atoms with van der Waals surface area (Å²) in [4.78, 5) is 1.95. The van der Waals surface area contributed by atoms with Gasteiger partial charge in [0.2, 0.25) is 4.90 Å². The predicted octanol–water partition coefficient (Wildman–Crippen LogP) is 7.25. The average Bonchev–Trinajstić information content (AvgIpc) is 3.50. The van der Waals surface area contributed by atoms with Crippen LogP contribution >= 0.6 is 0 Å². The number of rotatable bonds is 8. The predicted molar refractivity (Wildman–Crippen MR) is 130 cm³/mol. The van der Waals surface area contributed by atoms with Gasteiger partial charge in [-0.15, -0.1) is 0 Å². The van der Waals surface area contributed by atoms with Gasteiger partial charge in [-0.05, 0) is 79.0 Å². The number of fused-ring (bicyclic) bond motifs is 2. The molecule has 190 valence electrons. The van der Waals surface area contributed by atoms with E-state index in [1.54, 1.807) is 12.1 Å². The molecule has 3 aromatic rings. The van der Waals surface area contributed by atoms with Gasteiger partial charge in [0.05, 0.1) is 0 Å². The molecule has 3 nitrogen and oxygen atoms in total. The number of halogens is 4. The summed E-state index contributed by atoms with van der Waals surface area (Å²) in [6.07, 6.45) is 0.625. The number of benzene rings is 3. The van der Waals surface area contributed by atoms with E-state index in [-0.39, 0.29) is 0 Å². The molecule has 2 fully saturated rings. The highest BCUT2D eigenvalue weighted by Gasteiger charge is 2.57. The molecule has 0 aromatic heterocycles. The van der Waals surface area contributed by atoms with Crippen LogP contribution in [0.3, 0.4) is 0 Å². The Morgan fingerprint density at radius 2 is 1.47 bits per heavy atom. The molecule has 2 bridgehead atoms. The summed E-state index contributed by atoms with van der Waals surface area (Å²) < 4.78 is 82.1. The Labute approximate surface area is 211 Å². The topological polar surface area (TPSA) is 43.4 Å². The lowest BCUT2D eigenvalue weighted by atomic mass is 9.83. The van der Waals surface area contributed by atoms with Crippen LogP contribution in [-0.2, 0) is 21.0 Å². The largest absolute Gasteiger partial charge is 0.439 e. The fourth-order valence-corrected chi connectivity index (χ4v) is 8.33. The Kier molecular flexibility index (Phi) is 6.80. The Morgan fingerprint density at radius 3 is 2.08 bits per heavy atom. The van der Waals surface area contributed by atoms with E-state index >= 15 is 0 Å². The average molecular weight is 538 g/mol. The molecule has 9 heteroatoms. The summed E-state index contributed by atoms with van der Waals surface area (Å²) >= 11 is 0. The van der Waals surface area contributed by atoms with E-state index in [1.807, 2.05) is 42.5 Å². The van der Waals surface area contributed by atoms with E-state index in [1.165, 1.54) is 43.4 Å². The zero-order valence-corrected chi connectivity index (χ0v) is 20.8. The fourth-order valence-electron chi connectivity index (χ4n) is 5.42. The molecular weight excluding hydrogens is 512 g/mol. The molecule has 5 rings (SSSR count). The third kappa shape index (κ3) is 4.63. The summed E-state index contributed by atoms with van der Waals surface area (Å²) in [6, 6.07) is 23.2. The first-order chi connectivity index (χ1) is 17.2. The van der Waals surface area contributed by atoms with Gasteiger partial charge in [-0.3, -0.25) is 0 Å². The van der Waals surface area contributed by atoms with Gasteiger partial charge in [0.25, 0.3) is 0 Å². The highest BCUT2D eigenvalue weighted by Crippen LogP contribution is 2.53. The van der Waals surface area contributed by atoms with Gasteiger partial charge in [0.1, 0.15) is 10.9 Å². The SMILES string of the molecule is O=S(=O)(Oc1ccccc1[S+](c1ccccc1)c1ccc(C2CC3CCC2C3)cc1)C(F)(F)C(F)F. The van der Waals surface area contributed by atoms with Crippen LogP contribution in [0.4, 0.5) is 17.6 Å². The Hall–Kier alpha value is -2.52. The van der Waals surface area contributed by atoms with Crippen molar-refractivity contribution in [1.82, 2.24) is 0 Å². The minimum atomic E-state index is -5.93. The van der Waals surface area contributed by atoms with Crippen LogP contribution in [0.5, 0.6) is 5.75 Å². The molecule has 2 aliphatic carbocycles. The van der Waals surface area contributed by atoms with Gasteiger partial charge < -0.3 is 4.18 Å². The van der Waals surface area contributed by atoms with Crippen molar-refractivity contribution in [2.45, 2.75) is 58.0 Å². The summed E-state index contributed by atoms with van der Waals surface area (Å²) in [5.41, 5.74) is 1.27. The highest BCUT2D eigenvalue weighted by molar-refractivity contribution is 7.97. The first-order valence-electron chi connectivity index (χ1n) is 11.8. The van der Waals surface area contributed by atoms with Crippen molar-refractivity contribution in [3.63, 3.8) is 0 Å². The van der Waals surface area contributed by atoms with Crippen molar-refractivity contribution >= 4 is 21.0 Å². The van der Waals surface area contributed by atoms with Crippen molar-refractivity contribution in [3.05, 3.63) is 84.4 Å². The van der Waals surface area contributed by atoms with Crippen molar-refractivity contribution < 1.29 is 30.2 Å². The molecule has 0 radical (unpaired) electrons. The minimum Gasteiger partial charge on any atom is -0.373 e. The van der Waals surface area contributed by atoms with Gasteiger partial charge in [0, 0.05) is 0 Å². The second-order valence-corrected chi connectivity index (χ2v) is 12.9. The Balaban J connectivity index is 1.53. The molecule has 3 aromatic carbocycles. The van der Waals surface area contributed by atoms with Crippen LogP contribution < -0.4 is 4.18 Å². The molecule has 0 saturated heterocycles. The smallest absolute Gasteiger partial charge is 0.373 e.